The molecule has 0 aromatic rings. The van der Waals surface area contributed by atoms with Crippen LogP contribution < -0.4 is 0 Å². The van der Waals surface area contributed by atoms with E-state index in [2.05, 4.69) is 32.9 Å². The van der Waals surface area contributed by atoms with Crippen LogP contribution in [0, 0.1) is 34.5 Å². The zero-order valence-electron chi connectivity index (χ0n) is 15.3. The molecule has 0 amide bonds. The molecule has 0 saturated heterocycles. The van der Waals surface area contributed by atoms with Crippen LogP contribution in [0.25, 0.3) is 0 Å². The number of rotatable bonds is 1. The molecule has 4 rings (SSSR count). The molecule has 0 aromatic heterocycles. The van der Waals surface area contributed by atoms with Gasteiger partial charge in [0.15, 0.2) is 0 Å². The van der Waals surface area contributed by atoms with Gasteiger partial charge < -0.3 is 0 Å². The van der Waals surface area contributed by atoms with E-state index in [0.717, 1.165) is 18.3 Å². The van der Waals surface area contributed by atoms with Crippen LogP contribution in [0.4, 0.5) is 0 Å². The third-order valence-corrected chi connectivity index (χ3v) is 8.31. The van der Waals surface area contributed by atoms with Gasteiger partial charge in [0.25, 0.3) is 0 Å². The quantitative estimate of drug-likeness (QED) is 0.606. The van der Waals surface area contributed by atoms with Gasteiger partial charge >= 0.3 is 0 Å². The summed E-state index contributed by atoms with van der Waals surface area (Å²) < 4.78 is 0. The minimum absolute atomic E-state index is 0.234. The first-order valence-corrected chi connectivity index (χ1v) is 9.78. The van der Waals surface area contributed by atoms with Crippen molar-refractivity contribution in [3.05, 3.63) is 23.3 Å². The van der Waals surface area contributed by atoms with E-state index in [1.807, 2.05) is 6.92 Å². The minimum Gasteiger partial charge on any atom is -0.300 e. The molecule has 3 saturated carbocycles. The highest BCUT2D eigenvalue weighted by Gasteiger charge is 2.56. The molecule has 0 bridgehead atoms. The molecule has 1 nitrogen and oxygen atoms in total. The standard InChI is InChI=1S/C22H32O/c1-14-9-11-21(3)16(13-14)5-6-17-19-8-7-18(15(2)23)22(19,4)12-10-20(17)21/h5-6,14,18-20H,7-13H2,1-4H3/t14-,18+,19-,20-,21-,22+/m0/s1. The molecule has 126 valence electrons. The second-order valence-electron chi connectivity index (χ2n) is 9.51. The summed E-state index contributed by atoms with van der Waals surface area (Å²) in [6.45, 7) is 9.19. The Morgan fingerprint density at radius 1 is 1.04 bits per heavy atom. The molecule has 23 heavy (non-hydrogen) atoms. The molecule has 0 heterocycles. The van der Waals surface area contributed by atoms with Gasteiger partial charge in [-0.1, -0.05) is 44.1 Å². The average Bonchev–Trinajstić information content (AvgIpc) is 2.85. The van der Waals surface area contributed by atoms with Gasteiger partial charge in [0.2, 0.25) is 0 Å². The maximum atomic E-state index is 12.2. The summed E-state index contributed by atoms with van der Waals surface area (Å²) in [5, 5.41) is 0. The molecule has 0 spiro atoms. The molecule has 4 aliphatic rings. The van der Waals surface area contributed by atoms with E-state index in [1.165, 1.54) is 38.5 Å². The lowest BCUT2D eigenvalue weighted by Gasteiger charge is -2.54. The molecular weight excluding hydrogens is 280 g/mol. The van der Waals surface area contributed by atoms with Crippen molar-refractivity contribution in [3.8, 4) is 0 Å². The largest absolute Gasteiger partial charge is 0.300 e. The Hall–Kier alpha value is -0.850. The zero-order valence-corrected chi connectivity index (χ0v) is 15.3. The second kappa shape index (κ2) is 5.07. The van der Waals surface area contributed by atoms with Gasteiger partial charge in [-0.3, -0.25) is 4.79 Å². The molecule has 0 unspecified atom stereocenters. The number of fused-ring (bicyclic) bond motifs is 5. The Morgan fingerprint density at radius 2 is 1.83 bits per heavy atom. The van der Waals surface area contributed by atoms with Gasteiger partial charge in [-0.2, -0.15) is 0 Å². The summed E-state index contributed by atoms with van der Waals surface area (Å²) >= 11 is 0. The van der Waals surface area contributed by atoms with Crippen molar-refractivity contribution in [1.29, 1.82) is 0 Å². The molecule has 0 aliphatic heterocycles. The van der Waals surface area contributed by atoms with Crippen LogP contribution in [-0.4, -0.2) is 5.78 Å². The number of Topliss-reactive ketones (excluding diaryl/α,β-unsaturated/α-hetero) is 1. The number of ketones is 1. The highest BCUT2D eigenvalue weighted by atomic mass is 16.1. The third kappa shape index (κ3) is 2.07. The predicted molar refractivity (Wildman–Crippen MR) is 95.0 cm³/mol. The van der Waals surface area contributed by atoms with Gasteiger partial charge in [0.1, 0.15) is 5.78 Å². The zero-order chi connectivity index (χ0) is 16.4. The maximum Gasteiger partial charge on any atom is 0.133 e. The lowest BCUT2D eigenvalue weighted by atomic mass is 9.50. The molecule has 3 fully saturated rings. The van der Waals surface area contributed by atoms with E-state index in [4.69, 9.17) is 0 Å². The Balaban J connectivity index is 1.72. The van der Waals surface area contributed by atoms with E-state index < -0.39 is 0 Å². The van der Waals surface area contributed by atoms with Gasteiger partial charge in [-0.05, 0) is 80.5 Å². The Morgan fingerprint density at radius 3 is 2.57 bits per heavy atom. The first-order valence-electron chi connectivity index (χ1n) is 9.78. The van der Waals surface area contributed by atoms with Crippen LogP contribution in [0.3, 0.4) is 0 Å². The van der Waals surface area contributed by atoms with Crippen LogP contribution in [0.15, 0.2) is 23.3 Å². The maximum absolute atomic E-state index is 12.2. The smallest absolute Gasteiger partial charge is 0.133 e. The summed E-state index contributed by atoms with van der Waals surface area (Å²) in [5.41, 5.74) is 4.07. The van der Waals surface area contributed by atoms with E-state index in [1.54, 1.807) is 11.1 Å². The lowest BCUT2D eigenvalue weighted by molar-refractivity contribution is -0.124. The minimum atomic E-state index is 0.234. The summed E-state index contributed by atoms with van der Waals surface area (Å²) in [6, 6.07) is 0. The topological polar surface area (TPSA) is 17.1 Å². The third-order valence-electron chi connectivity index (χ3n) is 8.31. The number of hydrogen-bond acceptors (Lipinski definition) is 1. The summed E-state index contributed by atoms with van der Waals surface area (Å²) in [7, 11) is 0. The molecule has 6 atom stereocenters. The first-order chi connectivity index (χ1) is 10.9. The van der Waals surface area contributed by atoms with E-state index in [-0.39, 0.29) is 5.41 Å². The number of allylic oxidation sites excluding steroid dienone is 4. The number of hydrogen-bond donors (Lipinski definition) is 0. The molecule has 0 N–H and O–H groups in total. The fourth-order valence-electron chi connectivity index (χ4n) is 6.85. The van der Waals surface area contributed by atoms with Crippen LogP contribution in [0.1, 0.15) is 72.6 Å². The van der Waals surface area contributed by atoms with Crippen LogP contribution in [-0.2, 0) is 4.79 Å². The molecule has 1 heteroatoms. The highest BCUT2D eigenvalue weighted by molar-refractivity contribution is 5.79. The fraction of sp³-hybridized carbons (Fsp3) is 0.773. The first kappa shape index (κ1) is 15.7. The average molecular weight is 312 g/mol. The van der Waals surface area contributed by atoms with Crippen molar-refractivity contribution in [3.63, 3.8) is 0 Å². The van der Waals surface area contributed by atoms with Crippen LogP contribution in [0.2, 0.25) is 0 Å². The van der Waals surface area contributed by atoms with E-state index >= 15 is 0 Å². The van der Waals surface area contributed by atoms with Crippen LogP contribution in [0.5, 0.6) is 0 Å². The molecule has 0 aromatic carbocycles. The highest BCUT2D eigenvalue weighted by Crippen LogP contribution is 2.65. The monoisotopic (exact) mass is 312 g/mol. The van der Waals surface area contributed by atoms with Gasteiger partial charge in [0.05, 0.1) is 0 Å². The van der Waals surface area contributed by atoms with Crippen LogP contribution >= 0.6 is 0 Å². The van der Waals surface area contributed by atoms with Crippen molar-refractivity contribution in [2.45, 2.75) is 72.6 Å². The van der Waals surface area contributed by atoms with Gasteiger partial charge in [-0.25, -0.2) is 0 Å². The summed E-state index contributed by atoms with van der Waals surface area (Å²) in [6.07, 6.45) is 13.9. The molecular formula is C22H32O. The molecule has 4 aliphatic carbocycles. The second-order valence-corrected chi connectivity index (χ2v) is 9.51. The Bertz CT molecular complexity index is 597. The lowest BCUT2D eigenvalue weighted by Crippen LogP contribution is -2.46. The summed E-state index contributed by atoms with van der Waals surface area (Å²) in [5.74, 6) is 2.99. The fourth-order valence-corrected chi connectivity index (χ4v) is 6.85. The predicted octanol–water partition coefficient (Wildman–Crippen LogP) is 5.71. The van der Waals surface area contributed by atoms with Crippen molar-refractivity contribution >= 4 is 5.78 Å². The van der Waals surface area contributed by atoms with E-state index in [0.29, 0.717) is 23.0 Å². The van der Waals surface area contributed by atoms with Crippen molar-refractivity contribution in [2.75, 3.05) is 0 Å². The van der Waals surface area contributed by atoms with Crippen molar-refractivity contribution in [1.82, 2.24) is 0 Å². The van der Waals surface area contributed by atoms with Crippen molar-refractivity contribution < 1.29 is 4.79 Å². The molecule has 0 radical (unpaired) electrons. The normalized spacial score (nSPS) is 48.7. The summed E-state index contributed by atoms with van der Waals surface area (Å²) in [4.78, 5) is 12.2. The van der Waals surface area contributed by atoms with Gasteiger partial charge in [0, 0.05) is 5.92 Å². The van der Waals surface area contributed by atoms with Gasteiger partial charge in [-0.15, -0.1) is 0 Å². The SMILES string of the molecule is CC(=O)[C@H]1CC[C@H]2C3=CC=C4C[C@@H](C)CC[C@]4(C)[C@H]3CC[C@]12C. The Kier molecular flexibility index (Phi) is 3.45. The van der Waals surface area contributed by atoms with E-state index in [9.17, 15) is 4.79 Å². The Labute approximate surface area is 141 Å². The number of carbonyl (C=O) groups excluding carboxylic acids is 1. The van der Waals surface area contributed by atoms with Crippen molar-refractivity contribution in [2.24, 2.45) is 34.5 Å². The number of carbonyl (C=O) groups is 1.